The molecule has 4 nitrogen and oxygen atoms in total. The van der Waals surface area contributed by atoms with Gasteiger partial charge in [0.15, 0.2) is 0 Å². The van der Waals surface area contributed by atoms with Crippen LogP contribution in [-0.4, -0.2) is 34.5 Å². The van der Waals surface area contributed by atoms with E-state index in [1.54, 1.807) is 0 Å². The lowest BCUT2D eigenvalue weighted by atomic mass is 9.88. The maximum atomic E-state index is 6.20. The molecule has 0 aliphatic heterocycles. The molecule has 2 heterocycles. The average Bonchev–Trinajstić information content (AvgIpc) is 2.99. The van der Waals surface area contributed by atoms with Gasteiger partial charge < -0.3 is 4.43 Å². The van der Waals surface area contributed by atoms with Crippen molar-refractivity contribution in [2.24, 2.45) is 23.7 Å². The number of pyridine rings is 1. The fraction of sp³-hybridized carbons (Fsp3) is 0.743. The molecule has 6 heteroatoms. The predicted octanol–water partition coefficient (Wildman–Crippen LogP) is 9.75. The molecule has 0 saturated carbocycles. The topological polar surface area (TPSA) is 47.9 Å². The Morgan fingerprint density at radius 1 is 0.707 bits per heavy atom. The second kappa shape index (κ2) is 22.1. The zero-order chi connectivity index (χ0) is 29.7. The van der Waals surface area contributed by atoms with Crippen LogP contribution in [0.25, 0.3) is 11.4 Å². The van der Waals surface area contributed by atoms with Gasteiger partial charge in [0.25, 0.3) is 0 Å². The van der Waals surface area contributed by atoms with Crippen molar-refractivity contribution in [3.63, 3.8) is 0 Å². The van der Waals surface area contributed by atoms with Crippen molar-refractivity contribution in [3.8, 4) is 17.1 Å². The molecule has 0 aromatic carbocycles. The Balaban J connectivity index is 1.68. The molecule has 0 aliphatic rings. The summed E-state index contributed by atoms with van der Waals surface area (Å²) in [7, 11) is 1.17. The molecule has 0 amide bonds. The Labute approximate surface area is 258 Å². The first-order valence-electron chi connectivity index (χ1n) is 16.9. The molecular weight excluding hydrogens is 535 g/mol. The summed E-state index contributed by atoms with van der Waals surface area (Å²) in [6, 6.07) is 10.5. The highest BCUT2D eigenvalue weighted by Gasteiger charge is 2.14. The van der Waals surface area contributed by atoms with E-state index >= 15 is 0 Å². The largest absolute Gasteiger partial charge is 0.539 e. The predicted molar refractivity (Wildman–Crippen MR) is 179 cm³/mol. The lowest BCUT2D eigenvalue weighted by Crippen LogP contribution is -2.21. The third-order valence-corrected chi connectivity index (χ3v) is 11.1. The summed E-state index contributed by atoms with van der Waals surface area (Å²) in [6.07, 6.45) is 20.7. The van der Waals surface area contributed by atoms with E-state index in [0.717, 1.165) is 52.2 Å². The molecule has 0 bridgehead atoms. The Morgan fingerprint density at radius 3 is 2.07 bits per heavy atom. The van der Waals surface area contributed by atoms with Gasteiger partial charge in [-0.1, -0.05) is 137 Å². The maximum absolute atomic E-state index is 6.20. The van der Waals surface area contributed by atoms with Gasteiger partial charge in [-0.05, 0) is 54.0 Å². The minimum absolute atomic E-state index is 0.450. The SMILES string of the molecule is CCCCCC(C)CCCCCC(C)C[Si]c1ccc(-c2ncccc2O[Si]CCCC(C)C(C)CCCC)nn1. The van der Waals surface area contributed by atoms with Crippen LogP contribution in [-0.2, 0) is 0 Å². The van der Waals surface area contributed by atoms with Crippen molar-refractivity contribution >= 4 is 24.6 Å². The van der Waals surface area contributed by atoms with E-state index in [9.17, 15) is 0 Å². The minimum Gasteiger partial charge on any atom is -0.539 e. The number of nitrogens with zero attached hydrogens (tertiary/aromatic N) is 3. The Bertz CT molecular complexity index is 911. The average molecular weight is 594 g/mol. The van der Waals surface area contributed by atoms with Crippen LogP contribution >= 0.6 is 0 Å². The van der Waals surface area contributed by atoms with E-state index in [1.165, 1.54) is 95.9 Å². The van der Waals surface area contributed by atoms with Crippen LogP contribution in [0.1, 0.15) is 131 Å². The standard InChI is InChI=1S/C35H59N3OSi2/c1-7-9-12-17-28(3)18-13-11-14-19-29(4)27-40-34-24-23-32(37-38-34)35-33(22-15-25-36-35)39-41-26-16-21-31(6)30(5)20-10-8-2/h15,22-25,28-31H,7-14,16-21,26-27H2,1-6H3. The molecule has 4 radical (unpaired) electrons. The summed E-state index contributed by atoms with van der Waals surface area (Å²) < 4.78 is 6.20. The summed E-state index contributed by atoms with van der Waals surface area (Å²) in [5, 5.41) is 10.2. The van der Waals surface area contributed by atoms with Crippen LogP contribution in [0.3, 0.4) is 0 Å². The van der Waals surface area contributed by atoms with Crippen LogP contribution in [0.15, 0.2) is 30.5 Å². The molecule has 41 heavy (non-hydrogen) atoms. The summed E-state index contributed by atoms with van der Waals surface area (Å²) in [4.78, 5) is 4.59. The molecule has 0 aliphatic carbocycles. The van der Waals surface area contributed by atoms with Gasteiger partial charge in [0, 0.05) is 11.5 Å². The molecule has 4 atom stereocenters. The number of unbranched alkanes of at least 4 members (excludes halogenated alkanes) is 5. The number of hydrogen-bond acceptors (Lipinski definition) is 4. The molecule has 2 aromatic heterocycles. The fourth-order valence-electron chi connectivity index (χ4n) is 5.37. The second-order valence-corrected chi connectivity index (χ2v) is 14.9. The third-order valence-electron chi connectivity index (χ3n) is 8.61. The first kappa shape index (κ1) is 35.7. The van der Waals surface area contributed by atoms with E-state index in [1.807, 2.05) is 18.3 Å². The lowest BCUT2D eigenvalue weighted by Gasteiger charge is -2.19. The Morgan fingerprint density at radius 2 is 1.39 bits per heavy atom. The Kier molecular flexibility index (Phi) is 19.2. The van der Waals surface area contributed by atoms with Crippen LogP contribution < -0.4 is 9.74 Å². The maximum Gasteiger partial charge on any atom is 0.310 e. The van der Waals surface area contributed by atoms with Gasteiger partial charge in [-0.3, -0.25) is 4.98 Å². The molecular formula is C35H59N3OSi2. The van der Waals surface area contributed by atoms with Gasteiger partial charge in [-0.25, -0.2) is 0 Å². The zero-order valence-electron chi connectivity index (χ0n) is 27.3. The van der Waals surface area contributed by atoms with Crippen LogP contribution in [0, 0.1) is 23.7 Å². The smallest absolute Gasteiger partial charge is 0.310 e. The molecule has 228 valence electrons. The summed E-state index contributed by atoms with van der Waals surface area (Å²) >= 11 is 0. The van der Waals surface area contributed by atoms with Crippen LogP contribution in [0.5, 0.6) is 5.75 Å². The van der Waals surface area contributed by atoms with Gasteiger partial charge in [-0.2, -0.15) is 5.10 Å². The first-order chi connectivity index (χ1) is 19.9. The van der Waals surface area contributed by atoms with Crippen LogP contribution in [0.2, 0.25) is 12.1 Å². The highest BCUT2D eigenvalue weighted by atomic mass is 28.2. The molecule has 0 N–H and O–H groups in total. The molecule has 2 rings (SSSR count). The molecule has 0 spiro atoms. The number of hydrogen-bond donors (Lipinski definition) is 0. The van der Waals surface area contributed by atoms with E-state index in [4.69, 9.17) is 4.43 Å². The van der Waals surface area contributed by atoms with Crippen molar-refractivity contribution < 1.29 is 4.43 Å². The molecule has 2 aromatic rings. The van der Waals surface area contributed by atoms with E-state index in [0.29, 0.717) is 19.3 Å². The van der Waals surface area contributed by atoms with Crippen molar-refractivity contribution in [3.05, 3.63) is 30.5 Å². The Hall–Kier alpha value is -1.54. The number of rotatable bonds is 24. The minimum atomic E-state index is 0.450. The lowest BCUT2D eigenvalue weighted by molar-refractivity contribution is 0.333. The molecule has 0 fully saturated rings. The van der Waals surface area contributed by atoms with Crippen molar-refractivity contribution in [2.75, 3.05) is 0 Å². The van der Waals surface area contributed by atoms with Crippen molar-refractivity contribution in [2.45, 2.75) is 144 Å². The second-order valence-electron chi connectivity index (χ2n) is 12.6. The third kappa shape index (κ3) is 15.5. The van der Waals surface area contributed by atoms with E-state index < -0.39 is 0 Å². The molecule has 0 saturated heterocycles. The van der Waals surface area contributed by atoms with Gasteiger partial charge >= 0.3 is 9.76 Å². The van der Waals surface area contributed by atoms with E-state index in [-0.39, 0.29) is 0 Å². The monoisotopic (exact) mass is 593 g/mol. The van der Waals surface area contributed by atoms with Crippen LogP contribution in [0.4, 0.5) is 0 Å². The zero-order valence-corrected chi connectivity index (χ0v) is 29.3. The van der Waals surface area contributed by atoms with Crippen molar-refractivity contribution in [1.29, 1.82) is 0 Å². The highest BCUT2D eigenvalue weighted by Crippen LogP contribution is 2.26. The van der Waals surface area contributed by atoms with Crippen molar-refractivity contribution in [1.82, 2.24) is 15.2 Å². The van der Waals surface area contributed by atoms with Gasteiger partial charge in [0.1, 0.15) is 26.7 Å². The summed E-state index contributed by atoms with van der Waals surface area (Å²) in [5.41, 5.74) is 1.60. The van der Waals surface area contributed by atoms with Gasteiger partial charge in [0.05, 0.1) is 0 Å². The van der Waals surface area contributed by atoms with Gasteiger partial charge in [0.2, 0.25) is 0 Å². The number of aromatic nitrogens is 3. The highest BCUT2D eigenvalue weighted by molar-refractivity contribution is 6.52. The quantitative estimate of drug-likeness (QED) is 0.0898. The normalized spacial score (nSPS) is 14.5. The summed E-state index contributed by atoms with van der Waals surface area (Å²) in [6.45, 7) is 14.2. The fourth-order valence-corrected chi connectivity index (χ4v) is 7.22. The van der Waals surface area contributed by atoms with E-state index in [2.05, 4.69) is 68.9 Å². The first-order valence-corrected chi connectivity index (χ1v) is 19.2. The summed E-state index contributed by atoms with van der Waals surface area (Å²) in [5.74, 6) is 4.08. The van der Waals surface area contributed by atoms with Gasteiger partial charge in [-0.15, -0.1) is 5.10 Å². The molecule has 4 unspecified atom stereocenters.